The first kappa shape index (κ1) is 11.0. The average molecular weight is 243 g/mol. The van der Waals surface area contributed by atoms with Gasteiger partial charge >= 0.3 is 0 Å². The van der Waals surface area contributed by atoms with E-state index in [0.717, 1.165) is 10.9 Å². The van der Waals surface area contributed by atoms with Crippen LogP contribution in [0.15, 0.2) is 30.3 Å². The van der Waals surface area contributed by atoms with E-state index in [1.165, 1.54) is 4.90 Å². The summed E-state index contributed by atoms with van der Waals surface area (Å²) < 4.78 is 0. The molecule has 1 fully saturated rings. The summed E-state index contributed by atoms with van der Waals surface area (Å²) in [5.41, 5.74) is 7.00. The van der Waals surface area contributed by atoms with Crippen LogP contribution in [-0.2, 0) is 4.79 Å². The van der Waals surface area contributed by atoms with Crippen molar-refractivity contribution >= 4 is 22.7 Å². The SMILES string of the molecule is NC1CC(=O)N(C(=O)c2cc3ccccc3[nH]2)C1. The third-order valence-corrected chi connectivity index (χ3v) is 3.16. The second-order valence-corrected chi connectivity index (χ2v) is 4.54. The molecule has 92 valence electrons. The molecule has 2 aromatic rings. The molecule has 1 unspecified atom stereocenters. The summed E-state index contributed by atoms with van der Waals surface area (Å²) in [7, 11) is 0. The van der Waals surface area contributed by atoms with E-state index in [4.69, 9.17) is 5.73 Å². The van der Waals surface area contributed by atoms with Crippen LogP contribution in [0.1, 0.15) is 16.9 Å². The van der Waals surface area contributed by atoms with Crippen LogP contribution in [0, 0.1) is 0 Å². The number of amides is 2. The first-order chi connectivity index (χ1) is 8.65. The van der Waals surface area contributed by atoms with Gasteiger partial charge in [-0.25, -0.2) is 0 Å². The lowest BCUT2D eigenvalue weighted by Gasteiger charge is -2.12. The Morgan fingerprint density at radius 3 is 2.83 bits per heavy atom. The predicted octanol–water partition coefficient (Wildman–Crippen LogP) is 0.868. The molecule has 2 heterocycles. The molecule has 1 aromatic heterocycles. The van der Waals surface area contributed by atoms with Gasteiger partial charge in [0.15, 0.2) is 0 Å². The molecule has 0 spiro atoms. The van der Waals surface area contributed by atoms with Crippen molar-refractivity contribution in [3.8, 4) is 0 Å². The Morgan fingerprint density at radius 2 is 2.17 bits per heavy atom. The van der Waals surface area contributed by atoms with Crippen molar-refractivity contribution in [3.05, 3.63) is 36.0 Å². The summed E-state index contributed by atoms with van der Waals surface area (Å²) >= 11 is 0. The highest BCUT2D eigenvalue weighted by atomic mass is 16.2. The van der Waals surface area contributed by atoms with Crippen LogP contribution in [0.4, 0.5) is 0 Å². The van der Waals surface area contributed by atoms with Gasteiger partial charge in [-0.1, -0.05) is 18.2 Å². The van der Waals surface area contributed by atoms with Gasteiger partial charge < -0.3 is 10.7 Å². The number of hydrogen-bond acceptors (Lipinski definition) is 3. The molecule has 18 heavy (non-hydrogen) atoms. The number of nitrogens with two attached hydrogens (primary N) is 1. The second kappa shape index (κ2) is 3.96. The average Bonchev–Trinajstić information content (AvgIpc) is 2.91. The number of aromatic amines is 1. The maximum Gasteiger partial charge on any atom is 0.276 e. The van der Waals surface area contributed by atoms with Crippen LogP contribution in [0.2, 0.25) is 0 Å². The van der Waals surface area contributed by atoms with E-state index in [9.17, 15) is 9.59 Å². The number of aromatic nitrogens is 1. The predicted molar refractivity (Wildman–Crippen MR) is 66.9 cm³/mol. The van der Waals surface area contributed by atoms with Crippen LogP contribution in [0.25, 0.3) is 10.9 Å². The number of H-pyrrole nitrogens is 1. The normalized spacial score (nSPS) is 19.7. The first-order valence-corrected chi connectivity index (χ1v) is 5.83. The van der Waals surface area contributed by atoms with Gasteiger partial charge in [0.05, 0.1) is 0 Å². The number of benzene rings is 1. The third-order valence-electron chi connectivity index (χ3n) is 3.16. The first-order valence-electron chi connectivity index (χ1n) is 5.83. The minimum absolute atomic E-state index is 0.203. The van der Waals surface area contributed by atoms with Gasteiger partial charge in [0.1, 0.15) is 5.69 Å². The molecule has 0 bridgehead atoms. The quantitative estimate of drug-likeness (QED) is 0.729. The largest absolute Gasteiger partial charge is 0.351 e. The standard InChI is InChI=1S/C13H13N3O2/c14-9-6-12(17)16(7-9)13(18)11-5-8-3-1-2-4-10(8)15-11/h1-5,9,15H,6-7,14H2. The van der Waals surface area contributed by atoms with Gasteiger partial charge in [-0.2, -0.15) is 0 Å². The van der Waals surface area contributed by atoms with Crippen molar-refractivity contribution in [1.82, 2.24) is 9.88 Å². The Labute approximate surface area is 104 Å². The van der Waals surface area contributed by atoms with Gasteiger partial charge in [-0.3, -0.25) is 14.5 Å². The number of fused-ring (bicyclic) bond motifs is 1. The summed E-state index contributed by atoms with van der Waals surface area (Å²) in [6.07, 6.45) is 0.242. The van der Waals surface area contributed by atoms with E-state index in [-0.39, 0.29) is 24.3 Å². The van der Waals surface area contributed by atoms with Gasteiger partial charge in [-0.05, 0) is 12.1 Å². The van der Waals surface area contributed by atoms with E-state index >= 15 is 0 Å². The fourth-order valence-corrected chi connectivity index (χ4v) is 2.27. The maximum atomic E-state index is 12.2. The summed E-state index contributed by atoms with van der Waals surface area (Å²) in [4.78, 5) is 28.1. The van der Waals surface area contributed by atoms with Crippen LogP contribution in [-0.4, -0.2) is 34.3 Å². The van der Waals surface area contributed by atoms with Crippen LogP contribution in [0.5, 0.6) is 0 Å². The smallest absolute Gasteiger partial charge is 0.276 e. The molecule has 2 amide bonds. The number of rotatable bonds is 1. The van der Waals surface area contributed by atoms with Gasteiger partial charge in [0, 0.05) is 29.9 Å². The summed E-state index contributed by atoms with van der Waals surface area (Å²) in [6.45, 7) is 0.299. The minimum atomic E-state index is -0.302. The Kier molecular flexibility index (Phi) is 2.41. The molecule has 3 N–H and O–H groups in total. The maximum absolute atomic E-state index is 12.2. The number of nitrogens with one attached hydrogen (secondary N) is 1. The molecule has 0 saturated carbocycles. The molecule has 5 nitrogen and oxygen atoms in total. The van der Waals surface area contributed by atoms with Gasteiger partial charge in [0.25, 0.3) is 5.91 Å². The molecule has 5 heteroatoms. The molecule has 1 saturated heterocycles. The summed E-state index contributed by atoms with van der Waals surface area (Å²) in [5.74, 6) is -0.504. The van der Waals surface area contributed by atoms with Crippen LogP contribution in [0.3, 0.4) is 0 Å². The third kappa shape index (κ3) is 1.69. The van der Waals surface area contributed by atoms with Crippen molar-refractivity contribution in [1.29, 1.82) is 0 Å². The Morgan fingerprint density at radius 1 is 1.39 bits per heavy atom. The Bertz CT molecular complexity index is 599. The number of hydrogen-bond donors (Lipinski definition) is 2. The van der Waals surface area contributed by atoms with Gasteiger partial charge in [0.2, 0.25) is 5.91 Å². The molecule has 1 aromatic carbocycles. The van der Waals surface area contributed by atoms with Crippen molar-refractivity contribution in [2.45, 2.75) is 12.5 Å². The lowest BCUT2D eigenvalue weighted by Crippen LogP contribution is -2.34. The van der Waals surface area contributed by atoms with E-state index in [2.05, 4.69) is 4.98 Å². The van der Waals surface area contributed by atoms with Crippen LogP contribution >= 0.6 is 0 Å². The minimum Gasteiger partial charge on any atom is -0.351 e. The molecule has 1 aliphatic rings. The number of nitrogens with zero attached hydrogens (tertiary/aromatic N) is 1. The molecule has 0 radical (unpaired) electrons. The molecule has 3 rings (SSSR count). The second-order valence-electron chi connectivity index (χ2n) is 4.54. The fourth-order valence-electron chi connectivity index (χ4n) is 2.27. The highest BCUT2D eigenvalue weighted by Gasteiger charge is 2.32. The van der Waals surface area contributed by atoms with Crippen molar-refractivity contribution < 1.29 is 9.59 Å². The van der Waals surface area contributed by atoms with Crippen molar-refractivity contribution in [2.75, 3.05) is 6.54 Å². The highest BCUT2D eigenvalue weighted by molar-refractivity contribution is 6.07. The highest BCUT2D eigenvalue weighted by Crippen LogP contribution is 2.18. The fraction of sp³-hybridized carbons (Fsp3) is 0.231. The number of imide groups is 1. The number of carbonyl (C=O) groups excluding carboxylic acids is 2. The lowest BCUT2D eigenvalue weighted by atomic mass is 10.2. The molecule has 0 aliphatic carbocycles. The number of likely N-dealkylation sites (tertiary alicyclic amines) is 1. The van der Waals surface area contributed by atoms with E-state index < -0.39 is 0 Å². The Balaban J connectivity index is 1.94. The van der Waals surface area contributed by atoms with E-state index in [1.54, 1.807) is 6.07 Å². The van der Waals surface area contributed by atoms with E-state index in [1.807, 2.05) is 24.3 Å². The van der Waals surface area contributed by atoms with Crippen molar-refractivity contribution in [2.24, 2.45) is 5.73 Å². The molecule has 1 aliphatic heterocycles. The molecular weight excluding hydrogens is 230 g/mol. The molecule has 1 atom stereocenters. The van der Waals surface area contributed by atoms with E-state index in [0.29, 0.717) is 12.2 Å². The lowest BCUT2D eigenvalue weighted by molar-refractivity contribution is -0.125. The topological polar surface area (TPSA) is 79.2 Å². The zero-order valence-electron chi connectivity index (χ0n) is 9.72. The zero-order chi connectivity index (χ0) is 12.7. The van der Waals surface area contributed by atoms with Gasteiger partial charge in [-0.15, -0.1) is 0 Å². The summed E-state index contributed by atoms with van der Waals surface area (Å²) in [5, 5.41) is 0.955. The summed E-state index contributed by atoms with van der Waals surface area (Å²) in [6, 6.07) is 9.12. The Hall–Kier alpha value is -2.14. The van der Waals surface area contributed by atoms with Crippen molar-refractivity contribution in [3.63, 3.8) is 0 Å². The van der Waals surface area contributed by atoms with Crippen LogP contribution < -0.4 is 5.73 Å². The zero-order valence-corrected chi connectivity index (χ0v) is 9.72. The molecular formula is C13H13N3O2. The monoisotopic (exact) mass is 243 g/mol. The number of para-hydroxylation sites is 1. The number of carbonyl (C=O) groups is 2.